The smallest absolute Gasteiger partial charge is 0.273 e. The lowest BCUT2D eigenvalue weighted by molar-refractivity contribution is -0.384. The number of imide groups is 1. The topological polar surface area (TPSA) is 141 Å². The summed E-state index contributed by atoms with van der Waals surface area (Å²) < 4.78 is 7.07. The third kappa shape index (κ3) is 4.05. The normalized spacial score (nSPS) is 13.9. The van der Waals surface area contributed by atoms with Crippen LogP contribution in [0.2, 0.25) is 0 Å². The van der Waals surface area contributed by atoms with Gasteiger partial charge in [0, 0.05) is 12.6 Å². The fraction of sp³-hybridized carbons (Fsp3) is 0.238. The second-order valence-electron chi connectivity index (χ2n) is 7.21. The van der Waals surface area contributed by atoms with E-state index in [0.29, 0.717) is 22.6 Å². The van der Waals surface area contributed by atoms with Crippen molar-refractivity contribution in [2.75, 3.05) is 13.2 Å². The molecule has 0 aliphatic carbocycles. The number of ether oxygens (including phenoxy) is 1. The molecule has 1 aliphatic heterocycles. The fourth-order valence-corrected chi connectivity index (χ4v) is 3.37. The molecule has 11 heteroatoms. The number of hydrogen-bond acceptors (Lipinski definition) is 8. The number of non-ortho nitro benzene ring substituents is 1. The average Bonchev–Trinajstić information content (AvgIpc) is 3.32. The quantitative estimate of drug-likeness (QED) is 0.320. The van der Waals surface area contributed by atoms with E-state index in [2.05, 4.69) is 10.1 Å². The molecule has 2 aromatic carbocycles. The first-order chi connectivity index (χ1) is 15.3. The molecule has 1 atom stereocenters. The van der Waals surface area contributed by atoms with Gasteiger partial charge in [-0.1, -0.05) is 12.1 Å². The Labute approximate surface area is 182 Å². The predicted molar refractivity (Wildman–Crippen MR) is 111 cm³/mol. The lowest BCUT2D eigenvalue weighted by Crippen LogP contribution is -2.33. The number of nitro groups is 1. The zero-order valence-corrected chi connectivity index (χ0v) is 17.0. The number of carbonyl (C=O) groups excluding carboxylic acids is 2. The number of benzene rings is 2. The van der Waals surface area contributed by atoms with Gasteiger partial charge in [0.05, 0.1) is 28.2 Å². The maximum Gasteiger partial charge on any atom is 0.273 e. The molecule has 0 saturated carbocycles. The van der Waals surface area contributed by atoms with Gasteiger partial charge in [0.2, 0.25) is 0 Å². The molecule has 0 bridgehead atoms. The largest absolute Gasteiger partial charge is 0.488 e. The van der Waals surface area contributed by atoms with Crippen molar-refractivity contribution in [1.29, 1.82) is 0 Å². The molecule has 3 aromatic rings. The maximum absolute atomic E-state index is 12.4. The fourth-order valence-electron chi connectivity index (χ4n) is 3.37. The van der Waals surface area contributed by atoms with Gasteiger partial charge in [-0.2, -0.15) is 5.10 Å². The summed E-state index contributed by atoms with van der Waals surface area (Å²) >= 11 is 0. The SMILES string of the molecule is Cc1ncn(-c2ccc([N+](=O)[O-])cc2OCC(O)CCN2C(=O)c3ccccc3C2=O)n1. The molecule has 164 valence electrons. The third-order valence-corrected chi connectivity index (χ3v) is 5.00. The van der Waals surface area contributed by atoms with E-state index in [1.807, 2.05) is 0 Å². The monoisotopic (exact) mass is 437 g/mol. The highest BCUT2D eigenvalue weighted by atomic mass is 16.6. The van der Waals surface area contributed by atoms with E-state index in [9.17, 15) is 24.8 Å². The Morgan fingerprint density at radius 3 is 2.44 bits per heavy atom. The Balaban J connectivity index is 1.42. The van der Waals surface area contributed by atoms with Crippen LogP contribution in [0.1, 0.15) is 33.0 Å². The standard InChI is InChI=1S/C21H19N5O6/c1-13-22-12-25(23-13)18-7-6-14(26(30)31)10-19(18)32-11-15(27)8-9-24-20(28)16-4-2-3-5-17(16)21(24)29/h2-7,10,12,15,27H,8-9,11H2,1H3. The van der Waals surface area contributed by atoms with E-state index in [0.717, 1.165) is 4.90 Å². The first-order valence-electron chi connectivity index (χ1n) is 9.78. The molecule has 2 amide bonds. The van der Waals surface area contributed by atoms with Gasteiger partial charge < -0.3 is 9.84 Å². The molecule has 2 heterocycles. The van der Waals surface area contributed by atoms with Gasteiger partial charge in [-0.25, -0.2) is 9.67 Å². The van der Waals surface area contributed by atoms with Crippen molar-refractivity contribution in [2.24, 2.45) is 0 Å². The molecule has 1 N–H and O–H groups in total. The Morgan fingerprint density at radius 2 is 1.84 bits per heavy atom. The number of aryl methyl sites for hydroxylation is 1. The predicted octanol–water partition coefficient (Wildman–Crippen LogP) is 1.91. The Morgan fingerprint density at radius 1 is 1.16 bits per heavy atom. The third-order valence-electron chi connectivity index (χ3n) is 5.00. The van der Waals surface area contributed by atoms with Crippen molar-refractivity contribution in [1.82, 2.24) is 19.7 Å². The molecule has 32 heavy (non-hydrogen) atoms. The van der Waals surface area contributed by atoms with E-state index >= 15 is 0 Å². The van der Waals surface area contributed by atoms with Gasteiger partial charge in [0.25, 0.3) is 17.5 Å². The van der Waals surface area contributed by atoms with Gasteiger partial charge in [-0.05, 0) is 31.5 Å². The molecule has 0 radical (unpaired) electrons. The number of carbonyl (C=O) groups is 2. The number of aromatic nitrogens is 3. The van der Waals surface area contributed by atoms with E-state index in [4.69, 9.17) is 4.74 Å². The Bertz CT molecular complexity index is 1170. The van der Waals surface area contributed by atoms with Gasteiger partial charge in [0.15, 0.2) is 5.75 Å². The summed E-state index contributed by atoms with van der Waals surface area (Å²) in [5, 5.41) is 25.7. The molecule has 11 nitrogen and oxygen atoms in total. The minimum Gasteiger partial charge on any atom is -0.488 e. The van der Waals surface area contributed by atoms with E-state index < -0.39 is 22.8 Å². The van der Waals surface area contributed by atoms with Gasteiger partial charge in [-0.3, -0.25) is 24.6 Å². The average molecular weight is 437 g/mol. The zero-order chi connectivity index (χ0) is 22.8. The van der Waals surface area contributed by atoms with Crippen LogP contribution in [0.3, 0.4) is 0 Å². The van der Waals surface area contributed by atoms with E-state index in [-0.39, 0.29) is 31.0 Å². The summed E-state index contributed by atoms with van der Waals surface area (Å²) in [6.07, 6.45) is 0.504. The van der Waals surface area contributed by atoms with Crippen LogP contribution in [0.15, 0.2) is 48.8 Å². The Hall–Kier alpha value is -4.12. The molecular weight excluding hydrogens is 418 g/mol. The van der Waals surface area contributed by atoms with Crippen LogP contribution < -0.4 is 4.74 Å². The van der Waals surface area contributed by atoms with Crippen LogP contribution in [0.25, 0.3) is 5.69 Å². The first-order valence-corrected chi connectivity index (χ1v) is 9.78. The number of fused-ring (bicyclic) bond motifs is 1. The van der Waals surface area contributed by atoms with Crippen LogP contribution in [0.5, 0.6) is 5.75 Å². The molecule has 0 fully saturated rings. The highest BCUT2D eigenvalue weighted by Crippen LogP contribution is 2.28. The van der Waals surface area contributed by atoms with Gasteiger partial charge in [-0.15, -0.1) is 0 Å². The molecule has 1 unspecified atom stereocenters. The summed E-state index contributed by atoms with van der Waals surface area (Å²) in [7, 11) is 0. The summed E-state index contributed by atoms with van der Waals surface area (Å²) in [5.74, 6) is -0.151. The van der Waals surface area contributed by atoms with E-state index in [1.165, 1.54) is 29.2 Å². The molecule has 4 rings (SSSR count). The lowest BCUT2D eigenvalue weighted by atomic mass is 10.1. The lowest BCUT2D eigenvalue weighted by Gasteiger charge is -2.18. The summed E-state index contributed by atoms with van der Waals surface area (Å²) in [5.41, 5.74) is 0.921. The van der Waals surface area contributed by atoms with Crippen LogP contribution in [0, 0.1) is 17.0 Å². The minimum absolute atomic E-state index is 0.0148. The number of nitro benzene ring substituents is 1. The van der Waals surface area contributed by atoms with Crippen molar-refractivity contribution in [3.8, 4) is 11.4 Å². The van der Waals surface area contributed by atoms with E-state index in [1.54, 1.807) is 31.2 Å². The number of aliphatic hydroxyl groups excluding tert-OH is 1. The highest BCUT2D eigenvalue weighted by molar-refractivity contribution is 6.21. The van der Waals surface area contributed by atoms with Gasteiger partial charge in [0.1, 0.15) is 24.4 Å². The van der Waals surface area contributed by atoms with Crippen molar-refractivity contribution in [3.05, 3.63) is 75.9 Å². The first kappa shape index (κ1) is 21.1. The molecule has 1 aliphatic rings. The molecule has 0 saturated heterocycles. The van der Waals surface area contributed by atoms with Gasteiger partial charge >= 0.3 is 0 Å². The van der Waals surface area contributed by atoms with Crippen LogP contribution >= 0.6 is 0 Å². The minimum atomic E-state index is -1.02. The number of amides is 2. The zero-order valence-electron chi connectivity index (χ0n) is 17.0. The molecule has 1 aromatic heterocycles. The summed E-state index contributed by atoms with van der Waals surface area (Å²) in [6.45, 7) is 1.51. The second-order valence-corrected chi connectivity index (χ2v) is 7.21. The van der Waals surface area contributed by atoms with Crippen LogP contribution in [0.4, 0.5) is 5.69 Å². The number of hydrogen-bond donors (Lipinski definition) is 1. The van der Waals surface area contributed by atoms with Crippen molar-refractivity contribution in [2.45, 2.75) is 19.4 Å². The summed E-state index contributed by atoms with van der Waals surface area (Å²) in [4.78, 5) is 40.5. The van der Waals surface area contributed by atoms with Crippen molar-refractivity contribution in [3.63, 3.8) is 0 Å². The molecule has 0 spiro atoms. The van der Waals surface area contributed by atoms with Crippen LogP contribution in [-0.4, -0.2) is 60.8 Å². The maximum atomic E-state index is 12.4. The van der Waals surface area contributed by atoms with Crippen LogP contribution in [-0.2, 0) is 0 Å². The number of nitrogens with zero attached hydrogens (tertiary/aromatic N) is 5. The number of rotatable bonds is 8. The molecular formula is C21H19N5O6. The summed E-state index contributed by atoms with van der Waals surface area (Å²) in [6, 6.07) is 10.6. The van der Waals surface area contributed by atoms with Crippen molar-refractivity contribution >= 4 is 17.5 Å². The Kier molecular flexibility index (Phi) is 5.65. The second kappa shape index (κ2) is 8.55. The number of aliphatic hydroxyl groups is 1. The highest BCUT2D eigenvalue weighted by Gasteiger charge is 2.35. The van der Waals surface area contributed by atoms with Crippen molar-refractivity contribution < 1.29 is 24.4 Å².